The van der Waals surface area contributed by atoms with Gasteiger partial charge in [-0.1, -0.05) is 35.9 Å². The molecule has 2 heterocycles. The van der Waals surface area contributed by atoms with Crippen molar-refractivity contribution in [1.29, 1.82) is 0 Å². The third kappa shape index (κ3) is 5.97. The molecule has 0 radical (unpaired) electrons. The number of pyridine rings is 1. The Labute approximate surface area is 216 Å². The van der Waals surface area contributed by atoms with Crippen LogP contribution in [-0.4, -0.2) is 21.0 Å². The van der Waals surface area contributed by atoms with Crippen molar-refractivity contribution < 1.29 is 13.1 Å². The monoisotopic (exact) mass is 534 g/mol. The van der Waals surface area contributed by atoms with E-state index in [1.807, 2.05) is 31.3 Å². The van der Waals surface area contributed by atoms with E-state index in [2.05, 4.69) is 80.7 Å². The van der Waals surface area contributed by atoms with Gasteiger partial charge in [-0.15, -0.1) is 0 Å². The summed E-state index contributed by atoms with van der Waals surface area (Å²) in [5.41, 5.74) is 10.6. The zero-order chi connectivity index (χ0) is 24.8. The van der Waals surface area contributed by atoms with Gasteiger partial charge in [0.25, 0.3) is 0 Å². The van der Waals surface area contributed by atoms with Gasteiger partial charge in [-0.2, -0.15) is 0 Å². The summed E-state index contributed by atoms with van der Waals surface area (Å²) < 4.78 is 2.16. The average Bonchev–Trinajstić information content (AvgIpc) is 3.18. The predicted molar refractivity (Wildman–Crippen MR) is 143 cm³/mol. The maximum absolute atomic E-state index is 4.97. The van der Waals surface area contributed by atoms with Crippen LogP contribution in [0.25, 0.3) is 10.9 Å². The second-order valence-corrected chi connectivity index (χ2v) is 10.0. The Morgan fingerprint density at radius 1 is 0.853 bits per heavy atom. The zero-order valence-corrected chi connectivity index (χ0v) is 22.8. The molecule has 2 aromatic heterocycles. The van der Waals surface area contributed by atoms with Crippen LogP contribution in [0.2, 0.25) is 0 Å². The number of hydrogen-bond acceptors (Lipinski definition) is 3. The molecule has 0 aliphatic rings. The van der Waals surface area contributed by atoms with Crippen LogP contribution < -0.4 is 0 Å². The van der Waals surface area contributed by atoms with Gasteiger partial charge in [-0.05, 0) is 70.0 Å². The molecule has 4 rings (SSSR count). The average molecular weight is 535 g/mol. The molecule has 0 aliphatic heterocycles. The molecule has 0 bridgehead atoms. The quantitative estimate of drug-likeness (QED) is 0.192. The number of aromatic nitrogens is 2. The fourth-order valence-electron chi connectivity index (χ4n) is 4.23. The Hall–Kier alpha value is -2.43. The van der Waals surface area contributed by atoms with Gasteiger partial charge in [0, 0.05) is 18.6 Å². The van der Waals surface area contributed by atoms with Crippen LogP contribution in [0.5, 0.6) is 0 Å². The number of para-hydroxylation sites is 1. The minimum atomic E-state index is 0.194. The molecule has 0 unspecified atom stereocenters. The summed E-state index contributed by atoms with van der Waals surface area (Å²) in [4.78, 5) is 14.4. The van der Waals surface area contributed by atoms with E-state index in [0.717, 1.165) is 45.1 Å². The predicted octanol–water partition coefficient (Wildman–Crippen LogP) is 8.16. The second-order valence-electron chi connectivity index (χ2n) is 8.21. The number of nitrogens with zero attached hydrogens (tertiary/aromatic N) is 4. The first-order valence-corrected chi connectivity index (χ1v) is 13.8. The summed E-state index contributed by atoms with van der Waals surface area (Å²) >= 11 is 0.194. The van der Waals surface area contributed by atoms with Gasteiger partial charge in [0.2, 0.25) is 0 Å². The van der Waals surface area contributed by atoms with Crippen molar-refractivity contribution in [3.05, 3.63) is 88.9 Å². The van der Waals surface area contributed by atoms with E-state index in [4.69, 9.17) is 30.2 Å². The van der Waals surface area contributed by atoms with Crippen LogP contribution >= 0.6 is 20.2 Å². The van der Waals surface area contributed by atoms with Crippen LogP contribution in [0, 0.1) is 20.8 Å². The number of halogens is 2. The molecule has 0 aliphatic carbocycles. The third-order valence-electron chi connectivity index (χ3n) is 5.68. The summed E-state index contributed by atoms with van der Waals surface area (Å²) in [6.45, 7) is 10.5. The number of benzene rings is 2. The van der Waals surface area contributed by atoms with Gasteiger partial charge < -0.3 is 4.57 Å². The van der Waals surface area contributed by atoms with E-state index in [-0.39, 0.29) is 13.1 Å². The van der Waals surface area contributed by atoms with Crippen molar-refractivity contribution in [3.8, 4) is 0 Å². The van der Waals surface area contributed by atoms with Crippen molar-refractivity contribution in [1.82, 2.24) is 9.55 Å². The van der Waals surface area contributed by atoms with Gasteiger partial charge in [-0.25, -0.2) is 4.99 Å². The molecule has 0 N–H and O–H groups in total. The van der Waals surface area contributed by atoms with Crippen molar-refractivity contribution in [2.24, 2.45) is 17.0 Å². The molecule has 0 atom stereocenters. The van der Waals surface area contributed by atoms with Crippen molar-refractivity contribution in [2.45, 2.75) is 34.6 Å². The fourth-order valence-corrected chi connectivity index (χ4v) is 4.23. The number of hydrogen-bond donors (Lipinski definition) is 0. The molecule has 4 aromatic rings. The van der Waals surface area contributed by atoms with Gasteiger partial charge >= 0.3 is 33.3 Å². The van der Waals surface area contributed by atoms with Crippen LogP contribution in [0.1, 0.15) is 41.9 Å². The summed E-state index contributed by atoms with van der Waals surface area (Å²) in [6.07, 6.45) is 1.81. The molecule has 0 saturated carbocycles. The summed E-state index contributed by atoms with van der Waals surface area (Å²) in [7, 11) is 11.6. The molecule has 0 fully saturated rings. The van der Waals surface area contributed by atoms with Crippen LogP contribution in [0.4, 0.5) is 11.4 Å². The SMILES string of the molecule is CC(=Nc1c(C)cc(C)cc1C)c1ccc(C(C)=Nc2cccc3cccnc23)n1C.[Cl][Fe][Cl]. The number of aryl methyl sites for hydroxylation is 3. The first-order chi connectivity index (χ1) is 16.3. The molecule has 0 spiro atoms. The molecule has 178 valence electrons. The Bertz CT molecular complexity index is 1340. The number of rotatable bonds is 4. The van der Waals surface area contributed by atoms with E-state index in [1.54, 1.807) is 0 Å². The molecule has 0 saturated heterocycles. The van der Waals surface area contributed by atoms with Crippen LogP contribution in [0.3, 0.4) is 0 Å². The minimum absolute atomic E-state index is 0.194. The molecule has 0 amide bonds. The fraction of sp³-hybridized carbons (Fsp3) is 0.222. The summed E-state index contributed by atoms with van der Waals surface area (Å²) in [5, 5.41) is 1.09. The molecule has 7 heteroatoms. The summed E-state index contributed by atoms with van der Waals surface area (Å²) in [6, 6.07) is 18.7. The summed E-state index contributed by atoms with van der Waals surface area (Å²) in [5.74, 6) is 0. The van der Waals surface area contributed by atoms with Crippen molar-refractivity contribution in [2.75, 3.05) is 0 Å². The zero-order valence-electron chi connectivity index (χ0n) is 20.2. The van der Waals surface area contributed by atoms with E-state index < -0.39 is 0 Å². The first-order valence-electron chi connectivity index (χ1n) is 10.8. The van der Waals surface area contributed by atoms with Gasteiger partial charge in [0.15, 0.2) is 0 Å². The third-order valence-corrected chi connectivity index (χ3v) is 5.68. The maximum atomic E-state index is 4.97. The van der Waals surface area contributed by atoms with Crippen LogP contribution in [0.15, 0.2) is 70.8 Å². The van der Waals surface area contributed by atoms with Gasteiger partial charge in [0.05, 0.1) is 39.7 Å². The van der Waals surface area contributed by atoms with E-state index in [9.17, 15) is 0 Å². The standard InChI is InChI=1S/C27H28N4.2ClH.Fe/c1-17-15-18(2)26(19(3)16-17)30-21(5)25-13-12-24(31(25)6)20(4)29-23-11-7-9-22-10-8-14-28-27(22)23;;;/h7-16H,1-6H3;2*1H;/q;;;+2/p-2. The van der Waals surface area contributed by atoms with E-state index in [1.165, 1.54) is 16.7 Å². The van der Waals surface area contributed by atoms with Crippen LogP contribution in [-0.2, 0) is 20.2 Å². The normalized spacial score (nSPS) is 12.1. The number of aliphatic imine (C=N–C) groups is 2. The van der Waals surface area contributed by atoms with Gasteiger partial charge in [0.1, 0.15) is 0 Å². The topological polar surface area (TPSA) is 42.5 Å². The molecular weight excluding hydrogens is 507 g/mol. The van der Waals surface area contributed by atoms with Gasteiger partial charge in [-0.3, -0.25) is 9.98 Å². The van der Waals surface area contributed by atoms with Crippen molar-refractivity contribution in [3.63, 3.8) is 0 Å². The Kier molecular flexibility index (Phi) is 9.09. The molecule has 4 nitrogen and oxygen atoms in total. The Morgan fingerprint density at radius 2 is 1.41 bits per heavy atom. The van der Waals surface area contributed by atoms with Crippen molar-refractivity contribution >= 4 is 53.9 Å². The van der Waals surface area contributed by atoms with E-state index >= 15 is 0 Å². The number of fused-ring (bicyclic) bond motifs is 1. The van der Waals surface area contributed by atoms with E-state index in [0.29, 0.717) is 0 Å². The molecular formula is C27H28Cl2FeN4. The molecule has 34 heavy (non-hydrogen) atoms. The Balaban J connectivity index is 0.00000103. The first kappa shape index (κ1) is 26.2. The second kappa shape index (κ2) is 11.8. The molecule has 2 aromatic carbocycles. The Morgan fingerprint density at radius 3 is 2.03 bits per heavy atom.